The topological polar surface area (TPSA) is 35.5 Å². The average Bonchev–Trinajstić information content (AvgIpc) is 2.93. The van der Waals surface area contributed by atoms with Gasteiger partial charge in [-0.15, -0.1) is 0 Å². The fraction of sp³-hybridized carbons (Fsp3) is 1.00. The van der Waals surface area contributed by atoms with E-state index in [0.29, 0.717) is 0 Å². The summed E-state index contributed by atoms with van der Waals surface area (Å²) in [4.78, 5) is 2.56. The Kier molecular flexibility index (Phi) is 4.45. The van der Waals surface area contributed by atoms with E-state index >= 15 is 0 Å². The number of likely N-dealkylation sites (tertiary alicyclic amines) is 1. The molecule has 0 aromatic rings. The van der Waals surface area contributed by atoms with E-state index < -0.39 is 0 Å². The maximum atomic E-state index is 10.7. The van der Waals surface area contributed by atoms with Crippen LogP contribution in [0.4, 0.5) is 0 Å². The Morgan fingerprint density at radius 2 is 1.89 bits per heavy atom. The minimum Gasteiger partial charge on any atom is -0.389 e. The van der Waals surface area contributed by atoms with Gasteiger partial charge in [0.1, 0.15) is 0 Å². The Balaban J connectivity index is 1.52. The van der Waals surface area contributed by atoms with E-state index in [-0.39, 0.29) is 5.60 Å². The van der Waals surface area contributed by atoms with Crippen LogP contribution in [0.15, 0.2) is 0 Å². The van der Waals surface area contributed by atoms with Gasteiger partial charge in [0.15, 0.2) is 0 Å². The van der Waals surface area contributed by atoms with E-state index in [9.17, 15) is 5.11 Å². The van der Waals surface area contributed by atoms with Gasteiger partial charge >= 0.3 is 0 Å². The normalized spacial score (nSPS) is 36.5. The molecule has 0 spiro atoms. The van der Waals surface area contributed by atoms with Crippen LogP contribution in [0.1, 0.15) is 57.8 Å². The zero-order valence-corrected chi connectivity index (χ0v) is 12.2. The van der Waals surface area contributed by atoms with Crippen LogP contribution < -0.4 is 5.32 Å². The molecule has 2 aliphatic heterocycles. The molecule has 3 fully saturated rings. The van der Waals surface area contributed by atoms with Gasteiger partial charge in [-0.2, -0.15) is 0 Å². The fourth-order valence-corrected chi connectivity index (χ4v) is 4.46. The lowest BCUT2D eigenvalue weighted by Gasteiger charge is -2.41. The number of nitrogens with one attached hydrogen (secondary N) is 1. The summed E-state index contributed by atoms with van der Waals surface area (Å²) in [6, 6.07) is 0.754. The third-order valence-electron chi connectivity index (χ3n) is 5.51. The average molecular weight is 266 g/mol. The number of rotatable bonds is 3. The van der Waals surface area contributed by atoms with Crippen molar-refractivity contribution in [2.75, 3.05) is 26.2 Å². The minimum absolute atomic E-state index is 0.372. The van der Waals surface area contributed by atoms with Crippen LogP contribution in [0.3, 0.4) is 0 Å². The Morgan fingerprint density at radius 3 is 2.63 bits per heavy atom. The Morgan fingerprint density at radius 1 is 1.05 bits per heavy atom. The molecule has 2 atom stereocenters. The number of nitrogens with zero attached hydrogens (tertiary/aromatic N) is 1. The highest BCUT2D eigenvalue weighted by atomic mass is 16.3. The van der Waals surface area contributed by atoms with Crippen molar-refractivity contribution >= 4 is 0 Å². The van der Waals surface area contributed by atoms with Crippen molar-refractivity contribution in [3.8, 4) is 0 Å². The predicted octanol–water partition coefficient (Wildman–Crippen LogP) is 2.15. The number of aliphatic hydroxyl groups is 1. The van der Waals surface area contributed by atoms with Crippen LogP contribution >= 0.6 is 0 Å². The molecular weight excluding hydrogens is 236 g/mol. The van der Waals surface area contributed by atoms with Gasteiger partial charge in [-0.3, -0.25) is 0 Å². The van der Waals surface area contributed by atoms with Crippen LogP contribution in [0, 0.1) is 5.92 Å². The monoisotopic (exact) mass is 266 g/mol. The standard InChI is InChI=1S/C16H30N2O/c19-16(8-2-1-3-9-16)13-18-11-5-6-14(12-18)15-7-4-10-17-15/h14-15,17,19H,1-13H2. The second kappa shape index (κ2) is 6.11. The van der Waals surface area contributed by atoms with E-state index in [2.05, 4.69) is 10.2 Å². The molecule has 2 heterocycles. The van der Waals surface area contributed by atoms with E-state index in [1.165, 1.54) is 64.6 Å². The summed E-state index contributed by atoms with van der Waals surface area (Å²) in [7, 11) is 0. The molecule has 0 aromatic heterocycles. The molecule has 0 aromatic carbocycles. The van der Waals surface area contributed by atoms with Crippen molar-refractivity contribution in [1.29, 1.82) is 0 Å². The number of hydrogen-bond donors (Lipinski definition) is 2. The van der Waals surface area contributed by atoms with Crippen molar-refractivity contribution < 1.29 is 5.11 Å². The molecule has 0 bridgehead atoms. The highest BCUT2D eigenvalue weighted by molar-refractivity contribution is 4.90. The molecule has 3 nitrogen and oxygen atoms in total. The number of β-amino-alcohol motifs (C(OH)–C–C–N with tert-alkyl or cyclic N) is 1. The largest absolute Gasteiger partial charge is 0.389 e. The zero-order chi connectivity index (χ0) is 13.1. The van der Waals surface area contributed by atoms with E-state index in [1.54, 1.807) is 0 Å². The molecule has 1 aliphatic carbocycles. The fourth-order valence-electron chi connectivity index (χ4n) is 4.46. The third kappa shape index (κ3) is 3.50. The lowest BCUT2D eigenvalue weighted by Crippen LogP contribution is -2.50. The van der Waals surface area contributed by atoms with Crippen LogP contribution in [0.2, 0.25) is 0 Å². The Hall–Kier alpha value is -0.120. The van der Waals surface area contributed by atoms with Crippen molar-refractivity contribution in [2.45, 2.75) is 69.4 Å². The van der Waals surface area contributed by atoms with Crippen molar-refractivity contribution in [2.24, 2.45) is 5.92 Å². The van der Waals surface area contributed by atoms with Gasteiger partial charge in [0.2, 0.25) is 0 Å². The van der Waals surface area contributed by atoms with Gasteiger partial charge in [0, 0.05) is 19.1 Å². The minimum atomic E-state index is -0.372. The summed E-state index contributed by atoms with van der Waals surface area (Å²) >= 11 is 0. The number of hydrogen-bond acceptors (Lipinski definition) is 3. The smallest absolute Gasteiger partial charge is 0.0774 e. The maximum Gasteiger partial charge on any atom is 0.0774 e. The molecule has 110 valence electrons. The summed E-state index contributed by atoms with van der Waals surface area (Å²) in [5.74, 6) is 0.823. The second-order valence-electron chi connectivity index (χ2n) is 7.13. The molecule has 2 N–H and O–H groups in total. The summed E-state index contributed by atoms with van der Waals surface area (Å²) in [5.41, 5.74) is -0.372. The van der Waals surface area contributed by atoms with Gasteiger partial charge < -0.3 is 15.3 Å². The molecule has 19 heavy (non-hydrogen) atoms. The van der Waals surface area contributed by atoms with Crippen LogP contribution in [-0.4, -0.2) is 47.8 Å². The number of piperidine rings is 1. The molecule has 1 saturated carbocycles. The summed E-state index contributed by atoms with van der Waals surface area (Å²) in [6.07, 6.45) is 11.2. The lowest BCUT2D eigenvalue weighted by molar-refractivity contribution is -0.0358. The predicted molar refractivity (Wildman–Crippen MR) is 78.2 cm³/mol. The second-order valence-corrected chi connectivity index (χ2v) is 7.13. The van der Waals surface area contributed by atoms with Gasteiger partial charge in [-0.25, -0.2) is 0 Å². The molecule has 0 radical (unpaired) electrons. The Labute approximate surface area is 117 Å². The van der Waals surface area contributed by atoms with Crippen LogP contribution in [0.25, 0.3) is 0 Å². The van der Waals surface area contributed by atoms with Gasteiger partial charge in [0.25, 0.3) is 0 Å². The molecule has 3 heteroatoms. The summed E-state index contributed by atoms with van der Waals surface area (Å²) < 4.78 is 0. The van der Waals surface area contributed by atoms with Crippen LogP contribution in [-0.2, 0) is 0 Å². The van der Waals surface area contributed by atoms with Crippen LogP contribution in [0.5, 0.6) is 0 Å². The molecule has 3 rings (SSSR count). The van der Waals surface area contributed by atoms with E-state index in [4.69, 9.17) is 0 Å². The van der Waals surface area contributed by atoms with E-state index in [0.717, 1.165) is 31.3 Å². The quantitative estimate of drug-likeness (QED) is 0.821. The Bertz CT molecular complexity index is 282. The first-order valence-electron chi connectivity index (χ1n) is 8.43. The van der Waals surface area contributed by atoms with E-state index in [1.807, 2.05) is 0 Å². The summed E-state index contributed by atoms with van der Waals surface area (Å²) in [6.45, 7) is 4.55. The molecule has 2 saturated heterocycles. The first kappa shape index (κ1) is 13.8. The van der Waals surface area contributed by atoms with Crippen molar-refractivity contribution in [3.63, 3.8) is 0 Å². The first-order chi connectivity index (χ1) is 9.25. The van der Waals surface area contributed by atoms with Gasteiger partial charge in [-0.1, -0.05) is 19.3 Å². The third-order valence-corrected chi connectivity index (χ3v) is 5.51. The van der Waals surface area contributed by atoms with Crippen molar-refractivity contribution in [1.82, 2.24) is 10.2 Å². The summed E-state index contributed by atoms with van der Waals surface area (Å²) in [5, 5.41) is 14.4. The van der Waals surface area contributed by atoms with Gasteiger partial charge in [-0.05, 0) is 57.5 Å². The highest BCUT2D eigenvalue weighted by Crippen LogP contribution is 2.31. The SMILES string of the molecule is OC1(CN2CCCC(C3CCCN3)C2)CCCCC1. The zero-order valence-electron chi connectivity index (χ0n) is 12.2. The molecule has 3 aliphatic rings. The molecule has 0 amide bonds. The van der Waals surface area contributed by atoms with Crippen molar-refractivity contribution in [3.05, 3.63) is 0 Å². The lowest BCUT2D eigenvalue weighted by atomic mass is 9.83. The molecule has 2 unspecified atom stereocenters. The van der Waals surface area contributed by atoms with Gasteiger partial charge in [0.05, 0.1) is 5.60 Å². The molecular formula is C16H30N2O. The first-order valence-corrected chi connectivity index (χ1v) is 8.43. The highest BCUT2D eigenvalue weighted by Gasteiger charge is 2.35. The maximum absolute atomic E-state index is 10.7.